The van der Waals surface area contributed by atoms with Crippen molar-refractivity contribution in [2.75, 3.05) is 36.0 Å². The summed E-state index contributed by atoms with van der Waals surface area (Å²) < 4.78 is 5.55. The van der Waals surface area contributed by atoms with Crippen LogP contribution in [0.15, 0.2) is 48.5 Å². The third-order valence-corrected chi connectivity index (χ3v) is 5.56. The first-order valence-corrected chi connectivity index (χ1v) is 10.4. The lowest BCUT2D eigenvalue weighted by atomic mass is 10.1. The van der Waals surface area contributed by atoms with Crippen molar-refractivity contribution in [3.63, 3.8) is 0 Å². The van der Waals surface area contributed by atoms with Crippen LogP contribution in [0.1, 0.15) is 28.8 Å². The molecule has 2 aromatic carbocycles. The fourth-order valence-electron chi connectivity index (χ4n) is 3.94. The van der Waals surface area contributed by atoms with Crippen molar-refractivity contribution < 1.29 is 24.2 Å². The molecule has 31 heavy (non-hydrogen) atoms. The highest BCUT2D eigenvalue weighted by molar-refractivity contribution is 6.12. The first-order valence-electron chi connectivity index (χ1n) is 10.4. The molecule has 2 N–H and O–H groups in total. The minimum absolute atomic E-state index is 0.0442. The van der Waals surface area contributed by atoms with Crippen LogP contribution in [0.4, 0.5) is 11.4 Å². The van der Waals surface area contributed by atoms with Crippen LogP contribution in [0.3, 0.4) is 0 Å². The van der Waals surface area contributed by atoms with Crippen LogP contribution in [0, 0.1) is 0 Å². The minimum atomic E-state index is -1.08. The highest BCUT2D eigenvalue weighted by Crippen LogP contribution is 2.35. The number of hydrogen-bond acceptors (Lipinski definition) is 5. The van der Waals surface area contributed by atoms with Gasteiger partial charge in [0.25, 0.3) is 0 Å². The molecule has 0 aromatic heterocycles. The van der Waals surface area contributed by atoms with E-state index < -0.39 is 5.97 Å². The molecule has 4 rings (SSSR count). The molecular weight excluding hydrogens is 398 g/mol. The topological polar surface area (TPSA) is 99.2 Å². The number of amides is 2. The van der Waals surface area contributed by atoms with Gasteiger partial charge in [0.1, 0.15) is 6.54 Å². The number of carboxylic acids is 1. The van der Waals surface area contributed by atoms with Crippen LogP contribution in [0.25, 0.3) is 0 Å². The van der Waals surface area contributed by atoms with Crippen molar-refractivity contribution in [3.05, 3.63) is 59.7 Å². The van der Waals surface area contributed by atoms with E-state index in [1.165, 1.54) is 17.0 Å². The van der Waals surface area contributed by atoms with Gasteiger partial charge < -0.3 is 20.1 Å². The second kappa shape index (κ2) is 9.28. The maximum Gasteiger partial charge on any atom is 0.335 e. The molecule has 1 saturated heterocycles. The Balaban J connectivity index is 1.56. The first-order chi connectivity index (χ1) is 15.0. The van der Waals surface area contributed by atoms with E-state index in [0.717, 1.165) is 25.0 Å². The van der Waals surface area contributed by atoms with Crippen molar-refractivity contribution in [2.24, 2.45) is 0 Å². The SMILES string of the molecule is O=C(O)c1ccc2c(c1)N(C(=O)CNCC1CCCO1)CC(=O)N2Cc1ccccc1. The maximum absolute atomic E-state index is 13.0. The largest absolute Gasteiger partial charge is 0.478 e. The molecule has 1 fully saturated rings. The number of nitrogens with one attached hydrogen (secondary N) is 1. The van der Waals surface area contributed by atoms with Gasteiger partial charge in [-0.15, -0.1) is 0 Å². The standard InChI is InChI=1S/C23H25N3O5/c27-21(13-24-12-18-7-4-10-31-18)26-15-22(28)25(14-16-5-2-1-3-6-16)19-9-8-17(23(29)30)11-20(19)26/h1-3,5-6,8-9,11,18,24H,4,7,10,12-15H2,(H,29,30). The molecule has 0 aliphatic carbocycles. The van der Waals surface area contributed by atoms with Crippen LogP contribution < -0.4 is 15.1 Å². The smallest absolute Gasteiger partial charge is 0.335 e. The van der Waals surface area contributed by atoms with Crippen molar-refractivity contribution in [3.8, 4) is 0 Å². The van der Waals surface area contributed by atoms with Gasteiger partial charge >= 0.3 is 5.97 Å². The molecule has 0 bridgehead atoms. The van der Waals surface area contributed by atoms with Crippen LogP contribution in [-0.2, 0) is 20.9 Å². The van der Waals surface area contributed by atoms with Crippen LogP contribution in [0.2, 0.25) is 0 Å². The highest BCUT2D eigenvalue weighted by Gasteiger charge is 2.33. The summed E-state index contributed by atoms with van der Waals surface area (Å²) in [5.41, 5.74) is 1.97. The normalized spacial score (nSPS) is 18.2. The summed E-state index contributed by atoms with van der Waals surface area (Å²) in [5.74, 6) is -1.58. The van der Waals surface area contributed by atoms with Gasteiger partial charge in [0, 0.05) is 13.2 Å². The molecular formula is C23H25N3O5. The number of hydrogen-bond donors (Lipinski definition) is 2. The lowest BCUT2D eigenvalue weighted by Crippen LogP contribution is -2.50. The van der Waals surface area contributed by atoms with Gasteiger partial charge in [0.2, 0.25) is 11.8 Å². The van der Waals surface area contributed by atoms with E-state index in [0.29, 0.717) is 24.5 Å². The molecule has 8 heteroatoms. The Labute approximate surface area is 180 Å². The third-order valence-electron chi connectivity index (χ3n) is 5.56. The lowest BCUT2D eigenvalue weighted by molar-refractivity contribution is -0.122. The molecule has 2 aromatic rings. The zero-order valence-electron chi connectivity index (χ0n) is 17.1. The van der Waals surface area contributed by atoms with Gasteiger partial charge in [-0.2, -0.15) is 0 Å². The second-order valence-electron chi connectivity index (χ2n) is 7.72. The molecule has 1 atom stereocenters. The average Bonchev–Trinajstić information content (AvgIpc) is 3.29. The minimum Gasteiger partial charge on any atom is -0.478 e. The van der Waals surface area contributed by atoms with E-state index in [1.807, 2.05) is 30.3 Å². The molecule has 0 radical (unpaired) electrons. The Kier molecular flexibility index (Phi) is 6.29. The third kappa shape index (κ3) is 4.76. The van der Waals surface area contributed by atoms with E-state index in [9.17, 15) is 19.5 Å². The van der Waals surface area contributed by atoms with Crippen LogP contribution in [0.5, 0.6) is 0 Å². The summed E-state index contributed by atoms with van der Waals surface area (Å²) in [6, 6.07) is 14.0. The van der Waals surface area contributed by atoms with Gasteiger partial charge in [0.15, 0.2) is 0 Å². The van der Waals surface area contributed by atoms with E-state index in [-0.39, 0.29) is 36.6 Å². The number of carbonyl (C=O) groups excluding carboxylic acids is 2. The van der Waals surface area contributed by atoms with Crippen molar-refractivity contribution >= 4 is 29.2 Å². The number of nitrogens with zero attached hydrogens (tertiary/aromatic N) is 2. The quantitative estimate of drug-likeness (QED) is 0.707. The zero-order chi connectivity index (χ0) is 21.8. The molecule has 2 aliphatic heterocycles. The van der Waals surface area contributed by atoms with Gasteiger partial charge in [-0.3, -0.25) is 14.5 Å². The van der Waals surface area contributed by atoms with Crippen LogP contribution >= 0.6 is 0 Å². The summed E-state index contributed by atoms with van der Waals surface area (Å²) in [5, 5.41) is 12.5. The summed E-state index contributed by atoms with van der Waals surface area (Å²) in [6.07, 6.45) is 2.08. The summed E-state index contributed by atoms with van der Waals surface area (Å²) in [4.78, 5) is 40.4. The lowest BCUT2D eigenvalue weighted by Gasteiger charge is -2.36. The number of rotatable bonds is 7. The monoisotopic (exact) mass is 423 g/mol. The average molecular weight is 423 g/mol. The number of carbonyl (C=O) groups is 3. The van der Waals surface area contributed by atoms with Crippen molar-refractivity contribution in [1.29, 1.82) is 0 Å². The number of fused-ring (bicyclic) bond motifs is 1. The molecule has 0 saturated carbocycles. The summed E-state index contributed by atoms with van der Waals surface area (Å²) in [6.45, 7) is 1.56. The Bertz CT molecular complexity index is 972. The van der Waals surface area contributed by atoms with Gasteiger partial charge in [-0.05, 0) is 36.6 Å². The Morgan fingerprint density at radius 3 is 2.65 bits per heavy atom. The molecule has 2 aliphatic rings. The Morgan fingerprint density at radius 2 is 1.94 bits per heavy atom. The van der Waals surface area contributed by atoms with Crippen LogP contribution in [-0.4, -0.2) is 55.2 Å². The highest BCUT2D eigenvalue weighted by atomic mass is 16.5. The summed E-state index contributed by atoms with van der Waals surface area (Å²) >= 11 is 0. The molecule has 0 spiro atoms. The number of carboxylic acid groups (broad SMARTS) is 1. The fraction of sp³-hybridized carbons (Fsp3) is 0.348. The predicted octanol–water partition coefficient (Wildman–Crippen LogP) is 2.03. The van der Waals surface area contributed by atoms with E-state index >= 15 is 0 Å². The van der Waals surface area contributed by atoms with Crippen molar-refractivity contribution in [1.82, 2.24) is 5.32 Å². The maximum atomic E-state index is 13.0. The zero-order valence-corrected chi connectivity index (χ0v) is 17.1. The molecule has 2 amide bonds. The predicted molar refractivity (Wildman–Crippen MR) is 115 cm³/mol. The van der Waals surface area contributed by atoms with Gasteiger partial charge in [-0.1, -0.05) is 30.3 Å². The molecule has 162 valence electrons. The number of ether oxygens (including phenoxy) is 1. The molecule has 8 nitrogen and oxygen atoms in total. The van der Waals surface area contributed by atoms with Gasteiger partial charge in [0.05, 0.1) is 36.1 Å². The van der Waals surface area contributed by atoms with Crippen molar-refractivity contribution in [2.45, 2.75) is 25.5 Å². The van der Waals surface area contributed by atoms with E-state index in [1.54, 1.807) is 11.0 Å². The van der Waals surface area contributed by atoms with E-state index in [2.05, 4.69) is 5.32 Å². The van der Waals surface area contributed by atoms with E-state index in [4.69, 9.17) is 4.74 Å². The molecule has 1 unspecified atom stereocenters. The number of benzene rings is 2. The Morgan fingerprint density at radius 1 is 1.13 bits per heavy atom. The second-order valence-corrected chi connectivity index (χ2v) is 7.72. The number of anilines is 2. The fourth-order valence-corrected chi connectivity index (χ4v) is 3.94. The first kappa shape index (κ1) is 21.0. The molecule has 2 heterocycles. The Hall–Kier alpha value is -3.23. The van der Waals surface area contributed by atoms with Gasteiger partial charge in [-0.25, -0.2) is 4.79 Å². The number of aromatic carboxylic acids is 1. The summed E-state index contributed by atoms with van der Waals surface area (Å²) in [7, 11) is 0.